The molecule has 0 saturated heterocycles. The Hall–Kier alpha value is -2.70. The number of Topliss-reactive ketones (excluding diaryl/α,β-unsaturated/α-hetero) is 1. The van der Waals surface area contributed by atoms with Gasteiger partial charge < -0.3 is 15.7 Å². The second kappa shape index (κ2) is 7.78. The lowest BCUT2D eigenvalue weighted by Gasteiger charge is -2.07. The highest BCUT2D eigenvalue weighted by Gasteiger charge is 2.08. The largest absolute Gasteiger partial charge is 0.481 e. The van der Waals surface area contributed by atoms with Gasteiger partial charge in [0.25, 0.3) is 0 Å². The molecule has 21 heavy (non-hydrogen) atoms. The zero-order valence-electron chi connectivity index (χ0n) is 11.5. The molecule has 0 heterocycles. The van der Waals surface area contributed by atoms with Gasteiger partial charge in [-0.3, -0.25) is 19.2 Å². The van der Waals surface area contributed by atoms with Gasteiger partial charge in [0.2, 0.25) is 11.8 Å². The molecule has 7 nitrogen and oxygen atoms in total. The molecule has 0 atom stereocenters. The molecule has 0 aromatic heterocycles. The normalized spacial score (nSPS) is 9.76. The van der Waals surface area contributed by atoms with Crippen LogP contribution in [0.5, 0.6) is 0 Å². The molecule has 0 fully saturated rings. The third kappa shape index (κ3) is 6.33. The number of benzene rings is 1. The first-order chi connectivity index (χ1) is 9.88. The maximum absolute atomic E-state index is 11.6. The molecule has 0 spiro atoms. The molecule has 3 N–H and O–H groups in total. The van der Waals surface area contributed by atoms with Crippen LogP contribution in [0.4, 0.5) is 5.69 Å². The van der Waals surface area contributed by atoms with E-state index in [1.54, 1.807) is 24.3 Å². The number of carbonyl (C=O) groups excluding carboxylic acids is 3. The fourth-order valence-corrected chi connectivity index (χ4v) is 1.48. The van der Waals surface area contributed by atoms with Crippen LogP contribution in [0.1, 0.15) is 30.1 Å². The van der Waals surface area contributed by atoms with Gasteiger partial charge in [-0.2, -0.15) is 0 Å². The van der Waals surface area contributed by atoms with Crippen LogP contribution in [0.3, 0.4) is 0 Å². The van der Waals surface area contributed by atoms with E-state index in [0.717, 1.165) is 0 Å². The van der Waals surface area contributed by atoms with Crippen LogP contribution in [-0.4, -0.2) is 35.2 Å². The summed E-state index contributed by atoms with van der Waals surface area (Å²) < 4.78 is 0. The van der Waals surface area contributed by atoms with Crippen LogP contribution >= 0.6 is 0 Å². The van der Waals surface area contributed by atoms with Crippen LogP contribution in [-0.2, 0) is 14.4 Å². The summed E-state index contributed by atoms with van der Waals surface area (Å²) in [6.07, 6.45) is -0.449. The average molecular weight is 292 g/mol. The first-order valence-corrected chi connectivity index (χ1v) is 6.28. The lowest BCUT2D eigenvalue weighted by atomic mass is 10.1. The quantitative estimate of drug-likeness (QED) is 0.644. The minimum absolute atomic E-state index is 0.0708. The topological polar surface area (TPSA) is 113 Å². The van der Waals surface area contributed by atoms with E-state index in [0.29, 0.717) is 11.3 Å². The van der Waals surface area contributed by atoms with Crippen molar-refractivity contribution in [3.05, 3.63) is 29.8 Å². The summed E-state index contributed by atoms with van der Waals surface area (Å²) in [5, 5.41) is 13.3. The van der Waals surface area contributed by atoms with E-state index < -0.39 is 17.8 Å². The molecule has 1 aromatic rings. The Bertz CT molecular complexity index is 551. The van der Waals surface area contributed by atoms with Crippen molar-refractivity contribution in [2.45, 2.75) is 19.8 Å². The zero-order chi connectivity index (χ0) is 15.8. The molecular formula is C14H16N2O5. The fourth-order valence-electron chi connectivity index (χ4n) is 1.48. The van der Waals surface area contributed by atoms with E-state index in [9.17, 15) is 19.2 Å². The highest BCUT2D eigenvalue weighted by atomic mass is 16.4. The number of aliphatic carboxylic acids is 1. The first-order valence-electron chi connectivity index (χ1n) is 6.28. The SMILES string of the molecule is CC(=O)c1ccc(NC(=O)CNC(=O)CCC(=O)O)cc1. The number of rotatable bonds is 7. The highest BCUT2D eigenvalue weighted by Crippen LogP contribution is 2.09. The van der Waals surface area contributed by atoms with Crippen molar-refractivity contribution in [2.24, 2.45) is 0 Å². The van der Waals surface area contributed by atoms with E-state index in [-0.39, 0.29) is 25.2 Å². The maximum Gasteiger partial charge on any atom is 0.303 e. The van der Waals surface area contributed by atoms with Crippen LogP contribution in [0, 0.1) is 0 Å². The molecule has 7 heteroatoms. The van der Waals surface area contributed by atoms with Gasteiger partial charge in [-0.15, -0.1) is 0 Å². The third-order valence-corrected chi connectivity index (χ3v) is 2.59. The second-order valence-electron chi connectivity index (χ2n) is 4.35. The highest BCUT2D eigenvalue weighted by molar-refractivity contribution is 5.97. The summed E-state index contributed by atoms with van der Waals surface area (Å²) in [6.45, 7) is 1.20. The Morgan fingerprint density at radius 2 is 1.62 bits per heavy atom. The molecule has 1 rings (SSSR count). The molecule has 0 unspecified atom stereocenters. The smallest absolute Gasteiger partial charge is 0.303 e. The summed E-state index contributed by atoms with van der Waals surface area (Å²) >= 11 is 0. The number of amides is 2. The van der Waals surface area contributed by atoms with Gasteiger partial charge >= 0.3 is 5.97 Å². The number of carboxylic acids is 1. The molecule has 0 radical (unpaired) electrons. The van der Waals surface area contributed by atoms with Crippen molar-refractivity contribution in [2.75, 3.05) is 11.9 Å². The summed E-state index contributed by atoms with van der Waals surface area (Å²) in [6, 6.07) is 6.34. The predicted octanol–water partition coefficient (Wildman–Crippen LogP) is 0.809. The third-order valence-electron chi connectivity index (χ3n) is 2.59. The second-order valence-corrected chi connectivity index (χ2v) is 4.35. The number of anilines is 1. The van der Waals surface area contributed by atoms with Gasteiger partial charge in [0.05, 0.1) is 13.0 Å². The minimum Gasteiger partial charge on any atom is -0.481 e. The Balaban J connectivity index is 2.38. The zero-order valence-corrected chi connectivity index (χ0v) is 11.5. The molecule has 0 aliphatic carbocycles. The van der Waals surface area contributed by atoms with Crippen molar-refractivity contribution in [1.82, 2.24) is 5.32 Å². The van der Waals surface area contributed by atoms with Crippen LogP contribution in [0.2, 0.25) is 0 Å². The van der Waals surface area contributed by atoms with E-state index in [1.807, 2.05) is 0 Å². The Labute approximate surface area is 121 Å². The fraction of sp³-hybridized carbons (Fsp3) is 0.286. The van der Waals surface area contributed by atoms with Gasteiger partial charge in [-0.05, 0) is 31.2 Å². The van der Waals surface area contributed by atoms with E-state index >= 15 is 0 Å². The first kappa shape index (κ1) is 16.4. The van der Waals surface area contributed by atoms with Gasteiger partial charge in [0, 0.05) is 17.7 Å². The number of nitrogens with one attached hydrogen (secondary N) is 2. The molecule has 0 aliphatic rings. The standard InChI is InChI=1S/C14H16N2O5/c1-9(17)10-2-4-11(5-3-10)16-13(19)8-15-12(18)6-7-14(20)21/h2-5H,6-8H2,1H3,(H,15,18)(H,16,19)(H,20,21). The average Bonchev–Trinajstić information content (AvgIpc) is 2.43. The van der Waals surface area contributed by atoms with Crippen LogP contribution in [0.15, 0.2) is 24.3 Å². The molecule has 0 bridgehead atoms. The summed E-state index contributed by atoms with van der Waals surface area (Å²) in [5.41, 5.74) is 1.04. The van der Waals surface area contributed by atoms with E-state index in [2.05, 4.69) is 10.6 Å². The number of hydrogen-bond acceptors (Lipinski definition) is 4. The summed E-state index contributed by atoms with van der Waals surface area (Å²) in [7, 11) is 0. The lowest BCUT2D eigenvalue weighted by Crippen LogP contribution is -2.32. The number of carboxylic acid groups (broad SMARTS) is 1. The number of carbonyl (C=O) groups is 4. The summed E-state index contributed by atoms with van der Waals surface area (Å²) in [5.74, 6) is -2.08. The molecule has 2 amide bonds. The number of hydrogen-bond donors (Lipinski definition) is 3. The van der Waals surface area contributed by atoms with Crippen molar-refractivity contribution in [1.29, 1.82) is 0 Å². The Kier molecular flexibility index (Phi) is 6.06. The van der Waals surface area contributed by atoms with Crippen LogP contribution < -0.4 is 10.6 Å². The number of ketones is 1. The van der Waals surface area contributed by atoms with E-state index in [4.69, 9.17) is 5.11 Å². The summed E-state index contributed by atoms with van der Waals surface area (Å²) in [4.78, 5) is 44.2. The van der Waals surface area contributed by atoms with Crippen LogP contribution in [0.25, 0.3) is 0 Å². The maximum atomic E-state index is 11.6. The molecule has 0 saturated carbocycles. The van der Waals surface area contributed by atoms with E-state index in [1.165, 1.54) is 6.92 Å². The molecule has 0 aliphatic heterocycles. The monoisotopic (exact) mass is 292 g/mol. The lowest BCUT2D eigenvalue weighted by molar-refractivity contribution is -0.138. The predicted molar refractivity (Wildman–Crippen MR) is 75.0 cm³/mol. The van der Waals surface area contributed by atoms with Crippen molar-refractivity contribution >= 4 is 29.3 Å². The Morgan fingerprint density at radius 3 is 2.14 bits per heavy atom. The molecule has 1 aromatic carbocycles. The Morgan fingerprint density at radius 1 is 1.00 bits per heavy atom. The van der Waals surface area contributed by atoms with Crippen molar-refractivity contribution in [3.63, 3.8) is 0 Å². The van der Waals surface area contributed by atoms with Gasteiger partial charge in [-0.25, -0.2) is 0 Å². The molecular weight excluding hydrogens is 276 g/mol. The van der Waals surface area contributed by atoms with Crippen molar-refractivity contribution < 1.29 is 24.3 Å². The minimum atomic E-state index is -1.07. The van der Waals surface area contributed by atoms with Gasteiger partial charge in [0.1, 0.15) is 0 Å². The van der Waals surface area contributed by atoms with Gasteiger partial charge in [0.15, 0.2) is 5.78 Å². The van der Waals surface area contributed by atoms with Gasteiger partial charge in [-0.1, -0.05) is 0 Å². The van der Waals surface area contributed by atoms with Crippen molar-refractivity contribution in [3.8, 4) is 0 Å². The molecule has 112 valence electrons.